The summed E-state index contributed by atoms with van der Waals surface area (Å²) in [6.45, 7) is 0.103. The Morgan fingerprint density at radius 1 is 1.09 bits per heavy atom. The molecule has 1 heterocycles. The van der Waals surface area contributed by atoms with E-state index in [2.05, 4.69) is 0 Å². The van der Waals surface area contributed by atoms with Gasteiger partial charge in [-0.2, -0.15) is 0 Å². The van der Waals surface area contributed by atoms with E-state index in [4.69, 9.17) is 9.84 Å². The highest BCUT2D eigenvalue weighted by Crippen LogP contribution is 2.26. The van der Waals surface area contributed by atoms with Gasteiger partial charge >= 0.3 is 5.97 Å². The monoisotopic (exact) mass is 311 g/mol. The molecule has 116 valence electrons. The van der Waals surface area contributed by atoms with Crippen molar-refractivity contribution in [1.29, 1.82) is 0 Å². The van der Waals surface area contributed by atoms with Gasteiger partial charge in [0, 0.05) is 0 Å². The van der Waals surface area contributed by atoms with Crippen LogP contribution >= 0.6 is 0 Å². The molecule has 1 aliphatic rings. The van der Waals surface area contributed by atoms with Gasteiger partial charge in [0.25, 0.3) is 11.8 Å². The summed E-state index contributed by atoms with van der Waals surface area (Å²) in [5.74, 6) is -1.42. The van der Waals surface area contributed by atoms with Crippen molar-refractivity contribution < 1.29 is 24.2 Å². The lowest BCUT2D eigenvalue weighted by molar-refractivity contribution is 0.0640. The van der Waals surface area contributed by atoms with Crippen LogP contribution in [0.2, 0.25) is 0 Å². The van der Waals surface area contributed by atoms with Crippen LogP contribution < -0.4 is 4.74 Å². The average molecular weight is 311 g/mol. The molecule has 1 aliphatic heterocycles. The van der Waals surface area contributed by atoms with Gasteiger partial charge in [0.05, 0.1) is 30.3 Å². The van der Waals surface area contributed by atoms with Crippen LogP contribution in [0.3, 0.4) is 0 Å². The van der Waals surface area contributed by atoms with E-state index in [1.54, 1.807) is 24.3 Å². The maximum atomic E-state index is 12.4. The molecule has 0 aromatic heterocycles. The van der Waals surface area contributed by atoms with Crippen molar-refractivity contribution in [3.63, 3.8) is 0 Å². The van der Waals surface area contributed by atoms with Gasteiger partial charge in [0.1, 0.15) is 5.75 Å². The van der Waals surface area contributed by atoms with Crippen LogP contribution in [0, 0.1) is 0 Å². The molecule has 3 rings (SSSR count). The maximum absolute atomic E-state index is 12.4. The second kappa shape index (κ2) is 5.57. The zero-order valence-electron chi connectivity index (χ0n) is 12.3. The highest BCUT2D eigenvalue weighted by atomic mass is 16.5. The first-order valence-electron chi connectivity index (χ1n) is 6.87. The Labute approximate surface area is 131 Å². The number of amides is 2. The number of methoxy groups -OCH3 is 1. The summed E-state index contributed by atoms with van der Waals surface area (Å²) in [6, 6.07) is 11.0. The first-order chi connectivity index (χ1) is 11.0. The van der Waals surface area contributed by atoms with Crippen LogP contribution in [0.4, 0.5) is 0 Å². The van der Waals surface area contributed by atoms with Gasteiger partial charge < -0.3 is 9.84 Å². The SMILES string of the molecule is COc1cccc(CN2C(=O)c3ccc(C(=O)O)cc3C2=O)c1. The molecular formula is C17H13NO5. The third-order valence-corrected chi connectivity index (χ3v) is 3.69. The number of ether oxygens (including phenoxy) is 1. The van der Waals surface area contributed by atoms with E-state index in [1.165, 1.54) is 25.3 Å². The number of fused-ring (bicyclic) bond motifs is 1. The molecule has 6 nitrogen and oxygen atoms in total. The van der Waals surface area contributed by atoms with Gasteiger partial charge in [-0.1, -0.05) is 12.1 Å². The van der Waals surface area contributed by atoms with Gasteiger partial charge in [-0.05, 0) is 35.9 Å². The molecule has 0 saturated heterocycles. The normalized spacial score (nSPS) is 13.2. The Bertz CT molecular complexity index is 827. The maximum Gasteiger partial charge on any atom is 0.335 e. The predicted molar refractivity (Wildman–Crippen MR) is 80.6 cm³/mol. The van der Waals surface area contributed by atoms with Crippen LogP contribution in [0.5, 0.6) is 5.75 Å². The molecule has 0 spiro atoms. The van der Waals surface area contributed by atoms with E-state index in [0.29, 0.717) is 5.75 Å². The summed E-state index contributed by atoms with van der Waals surface area (Å²) in [4.78, 5) is 36.9. The van der Waals surface area contributed by atoms with Gasteiger partial charge in [-0.3, -0.25) is 14.5 Å². The molecular weight excluding hydrogens is 298 g/mol. The number of carboxylic acid groups (broad SMARTS) is 1. The second-order valence-electron chi connectivity index (χ2n) is 5.11. The number of imide groups is 1. The Morgan fingerprint density at radius 2 is 1.83 bits per heavy atom. The number of hydrogen-bond donors (Lipinski definition) is 1. The van der Waals surface area contributed by atoms with Gasteiger partial charge in [0.2, 0.25) is 0 Å². The number of carboxylic acids is 1. The molecule has 0 unspecified atom stereocenters. The predicted octanol–water partition coefficient (Wildman–Crippen LogP) is 2.19. The number of carbonyl (C=O) groups is 3. The Morgan fingerprint density at radius 3 is 2.52 bits per heavy atom. The standard InChI is InChI=1S/C17H13NO5/c1-23-12-4-2-3-10(7-12)9-18-15(19)13-6-5-11(17(21)22)8-14(13)16(18)20/h2-8H,9H2,1H3,(H,21,22). The molecule has 2 aromatic rings. The van der Waals surface area contributed by atoms with Crippen LogP contribution in [0.25, 0.3) is 0 Å². The number of carbonyl (C=O) groups excluding carboxylic acids is 2. The number of benzene rings is 2. The van der Waals surface area contributed by atoms with Crippen molar-refractivity contribution in [2.24, 2.45) is 0 Å². The van der Waals surface area contributed by atoms with Crippen LogP contribution in [-0.2, 0) is 6.54 Å². The van der Waals surface area contributed by atoms with E-state index in [1.807, 2.05) is 0 Å². The Hall–Kier alpha value is -3.15. The number of aromatic carboxylic acids is 1. The van der Waals surface area contributed by atoms with Crippen molar-refractivity contribution in [1.82, 2.24) is 4.90 Å². The molecule has 0 radical (unpaired) electrons. The lowest BCUT2D eigenvalue weighted by atomic mass is 10.1. The van der Waals surface area contributed by atoms with Crippen LogP contribution in [-0.4, -0.2) is 34.9 Å². The lowest BCUT2D eigenvalue weighted by Crippen LogP contribution is -2.29. The highest BCUT2D eigenvalue weighted by Gasteiger charge is 2.36. The first kappa shape index (κ1) is 14.8. The van der Waals surface area contributed by atoms with Crippen molar-refractivity contribution in [3.8, 4) is 5.75 Å². The van der Waals surface area contributed by atoms with E-state index in [-0.39, 0.29) is 23.2 Å². The minimum absolute atomic E-state index is 0.0202. The van der Waals surface area contributed by atoms with Crippen LogP contribution in [0.15, 0.2) is 42.5 Å². The van der Waals surface area contributed by atoms with E-state index < -0.39 is 17.8 Å². The summed E-state index contributed by atoms with van der Waals surface area (Å²) in [7, 11) is 1.54. The van der Waals surface area contributed by atoms with Crippen molar-refractivity contribution in [2.45, 2.75) is 6.54 Å². The average Bonchev–Trinajstić information content (AvgIpc) is 2.79. The van der Waals surface area contributed by atoms with Crippen molar-refractivity contribution in [2.75, 3.05) is 7.11 Å². The number of hydrogen-bond acceptors (Lipinski definition) is 4. The topological polar surface area (TPSA) is 83.9 Å². The quantitative estimate of drug-likeness (QED) is 0.875. The molecule has 0 fully saturated rings. The molecule has 0 atom stereocenters. The lowest BCUT2D eigenvalue weighted by Gasteiger charge is -2.14. The smallest absolute Gasteiger partial charge is 0.335 e. The zero-order valence-corrected chi connectivity index (χ0v) is 12.3. The summed E-state index contributed by atoms with van der Waals surface area (Å²) >= 11 is 0. The van der Waals surface area contributed by atoms with E-state index in [0.717, 1.165) is 10.5 Å². The molecule has 0 bridgehead atoms. The summed E-state index contributed by atoms with van der Waals surface area (Å²) in [6.07, 6.45) is 0. The highest BCUT2D eigenvalue weighted by molar-refractivity contribution is 6.21. The third kappa shape index (κ3) is 2.55. The van der Waals surface area contributed by atoms with Crippen molar-refractivity contribution in [3.05, 3.63) is 64.7 Å². The molecule has 2 aromatic carbocycles. The van der Waals surface area contributed by atoms with Crippen LogP contribution in [0.1, 0.15) is 36.6 Å². The molecule has 0 saturated carbocycles. The number of rotatable bonds is 4. The van der Waals surface area contributed by atoms with Gasteiger partial charge in [-0.25, -0.2) is 4.79 Å². The number of nitrogens with zero attached hydrogens (tertiary/aromatic N) is 1. The molecule has 6 heteroatoms. The zero-order chi connectivity index (χ0) is 16.6. The summed E-state index contributed by atoms with van der Waals surface area (Å²) in [5.41, 5.74) is 1.08. The van der Waals surface area contributed by atoms with Gasteiger partial charge in [0.15, 0.2) is 0 Å². The Balaban J connectivity index is 1.92. The first-order valence-corrected chi connectivity index (χ1v) is 6.87. The Kier molecular flexibility index (Phi) is 3.57. The minimum Gasteiger partial charge on any atom is -0.497 e. The molecule has 2 amide bonds. The largest absolute Gasteiger partial charge is 0.497 e. The fraction of sp³-hybridized carbons (Fsp3) is 0.118. The third-order valence-electron chi connectivity index (χ3n) is 3.69. The van der Waals surface area contributed by atoms with E-state index >= 15 is 0 Å². The van der Waals surface area contributed by atoms with Gasteiger partial charge in [-0.15, -0.1) is 0 Å². The molecule has 1 N–H and O–H groups in total. The minimum atomic E-state index is -1.14. The summed E-state index contributed by atoms with van der Waals surface area (Å²) in [5, 5.41) is 9.00. The second-order valence-corrected chi connectivity index (χ2v) is 5.11. The molecule has 0 aliphatic carbocycles. The molecule has 23 heavy (non-hydrogen) atoms. The fourth-order valence-electron chi connectivity index (χ4n) is 2.52. The summed E-state index contributed by atoms with van der Waals surface area (Å²) < 4.78 is 5.12. The van der Waals surface area contributed by atoms with E-state index in [9.17, 15) is 14.4 Å². The fourth-order valence-corrected chi connectivity index (χ4v) is 2.52. The van der Waals surface area contributed by atoms with Crippen molar-refractivity contribution >= 4 is 17.8 Å².